The van der Waals surface area contributed by atoms with E-state index in [0.717, 1.165) is 11.1 Å². The molecule has 1 aliphatic rings. The van der Waals surface area contributed by atoms with E-state index in [9.17, 15) is 9.59 Å². The fraction of sp³-hybridized carbons (Fsp3) is 0.259. The molecule has 1 amide bonds. The third-order valence-electron chi connectivity index (χ3n) is 5.49. The summed E-state index contributed by atoms with van der Waals surface area (Å²) in [7, 11) is 1.60. The molecule has 0 aliphatic heterocycles. The van der Waals surface area contributed by atoms with Crippen LogP contribution in [-0.4, -0.2) is 31.3 Å². The minimum Gasteiger partial charge on any atom is -0.456 e. The zero-order chi connectivity index (χ0) is 22.9. The Labute approximate surface area is 188 Å². The summed E-state index contributed by atoms with van der Waals surface area (Å²) in [5, 5.41) is 0. The number of amides is 1. The molecule has 0 radical (unpaired) electrons. The molecule has 32 heavy (non-hydrogen) atoms. The van der Waals surface area contributed by atoms with Crippen molar-refractivity contribution in [2.45, 2.75) is 32.3 Å². The lowest BCUT2D eigenvalue weighted by atomic mass is 9.98. The number of esters is 1. The monoisotopic (exact) mass is 429 g/mol. The van der Waals surface area contributed by atoms with Crippen LogP contribution in [0.2, 0.25) is 0 Å². The number of hydrogen-bond acceptors (Lipinski definition) is 4. The number of hydrogen-bond donors (Lipinski definition) is 0. The van der Waals surface area contributed by atoms with Gasteiger partial charge in [0.15, 0.2) is 0 Å². The van der Waals surface area contributed by atoms with Gasteiger partial charge in [0.2, 0.25) is 0 Å². The van der Waals surface area contributed by atoms with Crippen LogP contribution in [-0.2, 0) is 9.47 Å². The van der Waals surface area contributed by atoms with E-state index in [1.165, 1.54) is 16.0 Å². The molecular weight excluding hydrogens is 402 g/mol. The fourth-order valence-corrected chi connectivity index (χ4v) is 4.06. The average Bonchev–Trinajstić information content (AvgIpc) is 3.09. The number of benzene rings is 3. The molecule has 164 valence electrons. The van der Waals surface area contributed by atoms with E-state index in [1.54, 1.807) is 31.3 Å². The van der Waals surface area contributed by atoms with Gasteiger partial charge in [0.25, 0.3) is 0 Å². The van der Waals surface area contributed by atoms with E-state index < -0.39 is 17.7 Å². The van der Waals surface area contributed by atoms with Crippen LogP contribution in [0.3, 0.4) is 0 Å². The Morgan fingerprint density at radius 1 is 0.844 bits per heavy atom. The molecule has 0 spiro atoms. The lowest BCUT2D eigenvalue weighted by Gasteiger charge is -2.24. The molecule has 5 heteroatoms. The van der Waals surface area contributed by atoms with Crippen molar-refractivity contribution in [2.75, 3.05) is 18.6 Å². The quantitative estimate of drug-likeness (QED) is 0.475. The van der Waals surface area contributed by atoms with Gasteiger partial charge in [-0.2, -0.15) is 0 Å². The first-order valence-electron chi connectivity index (χ1n) is 10.7. The zero-order valence-electron chi connectivity index (χ0n) is 18.8. The maximum absolute atomic E-state index is 12.9. The first-order valence-corrected chi connectivity index (χ1v) is 10.7. The van der Waals surface area contributed by atoms with Gasteiger partial charge in [-0.25, -0.2) is 9.59 Å². The minimum absolute atomic E-state index is 0.0270. The second-order valence-corrected chi connectivity index (χ2v) is 8.88. The Morgan fingerprint density at radius 2 is 1.38 bits per heavy atom. The summed E-state index contributed by atoms with van der Waals surface area (Å²) in [4.78, 5) is 26.9. The fourth-order valence-electron chi connectivity index (χ4n) is 4.06. The molecule has 0 fully saturated rings. The van der Waals surface area contributed by atoms with Crippen molar-refractivity contribution in [3.05, 3.63) is 89.5 Å². The van der Waals surface area contributed by atoms with Crippen LogP contribution in [0.1, 0.15) is 48.2 Å². The highest BCUT2D eigenvalue weighted by Crippen LogP contribution is 2.44. The normalized spacial score (nSPS) is 12.6. The lowest BCUT2D eigenvalue weighted by Crippen LogP contribution is -2.31. The van der Waals surface area contributed by atoms with Crippen molar-refractivity contribution in [3.8, 4) is 11.1 Å². The number of fused-ring (bicyclic) bond motifs is 3. The predicted octanol–water partition coefficient (Wildman–Crippen LogP) is 6.03. The summed E-state index contributed by atoms with van der Waals surface area (Å²) in [6.07, 6.45) is -0.525. The van der Waals surface area contributed by atoms with E-state index in [-0.39, 0.29) is 12.5 Å². The van der Waals surface area contributed by atoms with Gasteiger partial charge >= 0.3 is 12.1 Å². The number of carbonyl (C=O) groups excluding carboxylic acids is 2. The molecule has 0 saturated carbocycles. The van der Waals surface area contributed by atoms with Crippen LogP contribution < -0.4 is 4.90 Å². The second kappa shape index (κ2) is 8.50. The van der Waals surface area contributed by atoms with Gasteiger partial charge in [-0.1, -0.05) is 60.7 Å². The summed E-state index contributed by atoms with van der Waals surface area (Å²) in [6.45, 7) is 5.64. The van der Waals surface area contributed by atoms with E-state index in [0.29, 0.717) is 11.3 Å². The summed E-state index contributed by atoms with van der Waals surface area (Å²) in [6, 6.07) is 23.3. The molecule has 4 rings (SSSR count). The number of para-hydroxylation sites is 1. The molecule has 0 saturated heterocycles. The summed E-state index contributed by atoms with van der Waals surface area (Å²) >= 11 is 0. The van der Waals surface area contributed by atoms with Gasteiger partial charge < -0.3 is 9.47 Å². The molecule has 0 bridgehead atoms. The minimum atomic E-state index is -0.632. The number of rotatable bonds is 4. The van der Waals surface area contributed by atoms with Crippen LogP contribution in [0.5, 0.6) is 0 Å². The summed E-state index contributed by atoms with van der Waals surface area (Å²) < 4.78 is 11.2. The SMILES string of the molecule is CN(C(=O)OCC1c2ccccc2-c2ccccc21)c1ccccc1C(=O)OC(C)(C)C. The van der Waals surface area contributed by atoms with Gasteiger partial charge in [-0.3, -0.25) is 4.90 Å². The van der Waals surface area contributed by atoms with Gasteiger partial charge in [0, 0.05) is 13.0 Å². The van der Waals surface area contributed by atoms with Gasteiger partial charge in [-0.15, -0.1) is 0 Å². The first kappa shape index (κ1) is 21.6. The Balaban J connectivity index is 1.52. The third-order valence-corrected chi connectivity index (χ3v) is 5.49. The number of ether oxygens (including phenoxy) is 2. The second-order valence-electron chi connectivity index (χ2n) is 8.88. The number of nitrogens with zero attached hydrogens (tertiary/aromatic N) is 1. The lowest BCUT2D eigenvalue weighted by molar-refractivity contribution is 0.00704. The van der Waals surface area contributed by atoms with E-state index in [4.69, 9.17) is 9.47 Å². The van der Waals surface area contributed by atoms with Crippen molar-refractivity contribution < 1.29 is 19.1 Å². The van der Waals surface area contributed by atoms with Crippen LogP contribution >= 0.6 is 0 Å². The van der Waals surface area contributed by atoms with Crippen molar-refractivity contribution >= 4 is 17.7 Å². The smallest absolute Gasteiger partial charge is 0.414 e. The standard InChI is InChI=1S/C27H27NO4/c1-27(2,3)32-25(29)22-15-9-10-16-24(22)28(4)26(30)31-17-23-20-13-7-5-11-18(20)19-12-6-8-14-21(19)23/h5-16,23H,17H2,1-4H3. The highest BCUT2D eigenvalue weighted by atomic mass is 16.6. The zero-order valence-corrected chi connectivity index (χ0v) is 18.8. The first-order chi connectivity index (χ1) is 15.3. The molecule has 0 heterocycles. The van der Waals surface area contributed by atoms with Crippen molar-refractivity contribution in [2.24, 2.45) is 0 Å². The van der Waals surface area contributed by atoms with Gasteiger partial charge in [-0.05, 0) is 55.2 Å². The molecule has 1 aliphatic carbocycles. The molecule has 5 nitrogen and oxygen atoms in total. The van der Waals surface area contributed by atoms with Gasteiger partial charge in [0.05, 0.1) is 11.3 Å². The summed E-state index contributed by atoms with van der Waals surface area (Å²) in [5.74, 6) is -0.507. The summed E-state index contributed by atoms with van der Waals surface area (Å²) in [5.41, 5.74) is 4.78. The molecular formula is C27H27NO4. The van der Waals surface area contributed by atoms with Crippen molar-refractivity contribution in [1.29, 1.82) is 0 Å². The van der Waals surface area contributed by atoms with E-state index in [1.807, 2.05) is 45.0 Å². The Morgan fingerprint density at radius 3 is 1.97 bits per heavy atom. The largest absolute Gasteiger partial charge is 0.456 e. The topological polar surface area (TPSA) is 55.8 Å². The Hall–Kier alpha value is -3.60. The van der Waals surface area contributed by atoms with Crippen LogP contribution in [0.4, 0.5) is 10.5 Å². The predicted molar refractivity (Wildman–Crippen MR) is 125 cm³/mol. The van der Waals surface area contributed by atoms with Crippen LogP contribution in [0.25, 0.3) is 11.1 Å². The molecule has 0 aromatic heterocycles. The van der Waals surface area contributed by atoms with E-state index >= 15 is 0 Å². The number of anilines is 1. The molecule has 0 unspecified atom stereocenters. The Bertz CT molecular complexity index is 1120. The van der Waals surface area contributed by atoms with Gasteiger partial charge in [0.1, 0.15) is 12.2 Å². The maximum atomic E-state index is 12.9. The number of carbonyl (C=O) groups is 2. The Kier molecular flexibility index (Phi) is 5.74. The van der Waals surface area contributed by atoms with E-state index in [2.05, 4.69) is 24.3 Å². The highest BCUT2D eigenvalue weighted by Gasteiger charge is 2.30. The van der Waals surface area contributed by atoms with Crippen molar-refractivity contribution in [3.63, 3.8) is 0 Å². The molecule has 3 aromatic carbocycles. The molecule has 3 aromatic rings. The maximum Gasteiger partial charge on any atom is 0.414 e. The molecule has 0 N–H and O–H groups in total. The van der Waals surface area contributed by atoms with Crippen molar-refractivity contribution in [1.82, 2.24) is 0 Å². The average molecular weight is 430 g/mol. The third kappa shape index (κ3) is 4.24. The van der Waals surface area contributed by atoms with Crippen LogP contribution in [0, 0.1) is 0 Å². The molecule has 0 atom stereocenters. The van der Waals surface area contributed by atoms with Crippen LogP contribution in [0.15, 0.2) is 72.8 Å². The highest BCUT2D eigenvalue weighted by molar-refractivity contribution is 6.00.